The highest BCUT2D eigenvalue weighted by Gasteiger charge is 2.25. The molecule has 21 heavy (non-hydrogen) atoms. The monoisotopic (exact) mass is 327 g/mol. The summed E-state index contributed by atoms with van der Waals surface area (Å²) < 4.78 is 6.35. The molecule has 0 aliphatic heterocycles. The normalized spacial score (nSPS) is 12.1. The predicted octanol–water partition coefficient (Wildman–Crippen LogP) is 1.92. The molecule has 0 radical (unpaired) electrons. The lowest BCUT2D eigenvalue weighted by molar-refractivity contribution is -0.144. The van der Waals surface area contributed by atoms with E-state index in [1.54, 1.807) is 11.5 Å². The van der Waals surface area contributed by atoms with E-state index in [1.807, 2.05) is 17.5 Å². The minimum absolute atomic E-state index is 0.156. The number of esters is 1. The van der Waals surface area contributed by atoms with Crippen molar-refractivity contribution < 1.29 is 19.4 Å². The first-order valence-corrected chi connectivity index (χ1v) is 7.82. The van der Waals surface area contributed by atoms with Gasteiger partial charge in [-0.2, -0.15) is 0 Å². The second-order valence-electron chi connectivity index (χ2n) is 4.04. The lowest BCUT2D eigenvalue weighted by Gasteiger charge is -2.15. The molecule has 0 bridgehead atoms. The summed E-state index contributed by atoms with van der Waals surface area (Å²) in [6.45, 7) is 1.66. The van der Waals surface area contributed by atoms with Crippen LogP contribution in [0.25, 0.3) is 10.7 Å². The van der Waals surface area contributed by atoms with Gasteiger partial charge in [0.2, 0.25) is 0 Å². The Balaban J connectivity index is 2.42. The molecule has 0 saturated carbocycles. The summed E-state index contributed by atoms with van der Waals surface area (Å²) in [5, 5.41) is 19.1. The van der Waals surface area contributed by atoms with E-state index in [1.165, 1.54) is 18.4 Å². The number of thiophene rings is 1. The number of carbonyl (C=O) groups excluding carboxylic acids is 1. The van der Waals surface area contributed by atoms with Crippen molar-refractivity contribution in [1.82, 2.24) is 14.8 Å². The van der Waals surface area contributed by atoms with Crippen LogP contribution in [-0.2, 0) is 14.3 Å². The van der Waals surface area contributed by atoms with E-state index in [0.29, 0.717) is 11.0 Å². The van der Waals surface area contributed by atoms with Gasteiger partial charge in [0.1, 0.15) is 6.04 Å². The van der Waals surface area contributed by atoms with Crippen molar-refractivity contribution in [3.63, 3.8) is 0 Å². The summed E-state index contributed by atoms with van der Waals surface area (Å²) >= 11 is 2.48. The van der Waals surface area contributed by atoms with E-state index >= 15 is 0 Å². The molecule has 9 heteroatoms. The van der Waals surface area contributed by atoms with Crippen LogP contribution in [0.4, 0.5) is 0 Å². The lowest BCUT2D eigenvalue weighted by atomic mass is 10.3. The van der Waals surface area contributed by atoms with Gasteiger partial charge in [-0.3, -0.25) is 9.36 Å². The van der Waals surface area contributed by atoms with Crippen molar-refractivity contribution in [2.75, 3.05) is 12.9 Å². The molecule has 0 spiro atoms. The third kappa shape index (κ3) is 3.42. The molecule has 1 N–H and O–H groups in total. The Morgan fingerprint density at radius 1 is 1.52 bits per heavy atom. The Hall–Kier alpha value is -1.87. The van der Waals surface area contributed by atoms with Crippen LogP contribution in [0.2, 0.25) is 0 Å². The molecular weight excluding hydrogens is 314 g/mol. The van der Waals surface area contributed by atoms with E-state index in [4.69, 9.17) is 9.84 Å². The first-order valence-electron chi connectivity index (χ1n) is 5.95. The van der Waals surface area contributed by atoms with Crippen molar-refractivity contribution in [2.24, 2.45) is 0 Å². The van der Waals surface area contributed by atoms with Crippen LogP contribution >= 0.6 is 23.1 Å². The van der Waals surface area contributed by atoms with Gasteiger partial charge in [0.25, 0.3) is 0 Å². The highest BCUT2D eigenvalue weighted by molar-refractivity contribution is 7.99. The Morgan fingerprint density at radius 2 is 2.29 bits per heavy atom. The Bertz CT molecular complexity index is 639. The molecule has 2 aromatic heterocycles. The number of thioether (sulfide) groups is 1. The number of aromatic nitrogens is 3. The molecular formula is C12H13N3O4S2. The number of aliphatic carboxylic acids is 1. The van der Waals surface area contributed by atoms with Crippen LogP contribution in [0.5, 0.6) is 0 Å². The van der Waals surface area contributed by atoms with Gasteiger partial charge in [-0.1, -0.05) is 17.8 Å². The largest absolute Gasteiger partial charge is 0.481 e. The maximum Gasteiger partial charge on any atom is 0.328 e. The van der Waals surface area contributed by atoms with E-state index in [9.17, 15) is 9.59 Å². The van der Waals surface area contributed by atoms with E-state index in [-0.39, 0.29) is 5.75 Å². The van der Waals surface area contributed by atoms with Crippen LogP contribution in [0.15, 0.2) is 22.7 Å². The van der Waals surface area contributed by atoms with Gasteiger partial charge in [-0.05, 0) is 18.4 Å². The number of ether oxygens (including phenoxy) is 1. The van der Waals surface area contributed by atoms with Gasteiger partial charge in [0, 0.05) is 0 Å². The fourth-order valence-corrected chi connectivity index (χ4v) is 3.14. The maximum atomic E-state index is 11.8. The highest BCUT2D eigenvalue weighted by Crippen LogP contribution is 2.30. The second-order valence-corrected chi connectivity index (χ2v) is 5.93. The Labute approximate surface area is 128 Å². The maximum absolute atomic E-state index is 11.8. The van der Waals surface area contributed by atoms with Crippen LogP contribution in [0, 0.1) is 0 Å². The number of hydrogen-bond donors (Lipinski definition) is 1. The predicted molar refractivity (Wildman–Crippen MR) is 78.4 cm³/mol. The standard InChI is InChI=1S/C12H13N3O4S2/c1-7(11(18)19-2)15-10(8-4-3-5-20-8)13-14-12(15)21-6-9(16)17/h3-5,7H,6H2,1-2H3,(H,16,17). The molecule has 112 valence electrons. The molecule has 2 heterocycles. The number of carboxylic acids is 1. The summed E-state index contributed by atoms with van der Waals surface area (Å²) in [7, 11) is 1.30. The average molecular weight is 327 g/mol. The molecule has 1 unspecified atom stereocenters. The topological polar surface area (TPSA) is 94.3 Å². The number of hydrogen-bond acceptors (Lipinski definition) is 7. The summed E-state index contributed by atoms with van der Waals surface area (Å²) in [4.78, 5) is 23.4. The fourth-order valence-electron chi connectivity index (χ4n) is 1.70. The Kier molecular flexibility index (Phi) is 4.97. The number of nitrogens with zero attached hydrogens (tertiary/aromatic N) is 3. The molecule has 0 aliphatic carbocycles. The average Bonchev–Trinajstić information content (AvgIpc) is 3.11. The smallest absolute Gasteiger partial charge is 0.328 e. The van der Waals surface area contributed by atoms with Gasteiger partial charge >= 0.3 is 11.9 Å². The summed E-state index contributed by atoms with van der Waals surface area (Å²) in [5.41, 5.74) is 0. The van der Waals surface area contributed by atoms with Crippen LogP contribution in [0.1, 0.15) is 13.0 Å². The SMILES string of the molecule is COC(=O)C(C)n1c(SCC(=O)O)nnc1-c1cccs1. The highest BCUT2D eigenvalue weighted by atomic mass is 32.2. The molecule has 0 aliphatic rings. The zero-order valence-corrected chi connectivity index (χ0v) is 13.0. The molecule has 1 atom stereocenters. The Morgan fingerprint density at radius 3 is 2.86 bits per heavy atom. The van der Waals surface area contributed by atoms with Gasteiger partial charge in [0.05, 0.1) is 17.7 Å². The molecule has 2 rings (SSSR count). The van der Waals surface area contributed by atoms with E-state index in [0.717, 1.165) is 16.6 Å². The van der Waals surface area contributed by atoms with Crippen LogP contribution in [0.3, 0.4) is 0 Å². The number of rotatable bonds is 6. The van der Waals surface area contributed by atoms with Gasteiger partial charge < -0.3 is 9.84 Å². The summed E-state index contributed by atoms with van der Waals surface area (Å²) in [6.07, 6.45) is 0. The zero-order chi connectivity index (χ0) is 15.4. The van der Waals surface area contributed by atoms with Crippen LogP contribution < -0.4 is 0 Å². The molecule has 7 nitrogen and oxygen atoms in total. The summed E-state index contributed by atoms with van der Waals surface area (Å²) in [5.74, 6) is -1.03. The minimum atomic E-state index is -0.960. The number of carboxylic acid groups (broad SMARTS) is 1. The van der Waals surface area contributed by atoms with Crippen molar-refractivity contribution in [1.29, 1.82) is 0 Å². The van der Waals surface area contributed by atoms with Gasteiger partial charge in [-0.15, -0.1) is 21.5 Å². The van der Waals surface area contributed by atoms with Gasteiger partial charge in [0.15, 0.2) is 11.0 Å². The second kappa shape index (κ2) is 6.72. The van der Waals surface area contributed by atoms with Gasteiger partial charge in [-0.25, -0.2) is 4.79 Å². The zero-order valence-electron chi connectivity index (χ0n) is 11.3. The third-order valence-electron chi connectivity index (χ3n) is 2.66. The lowest BCUT2D eigenvalue weighted by Crippen LogP contribution is -2.19. The van der Waals surface area contributed by atoms with Crippen LogP contribution in [-0.4, -0.2) is 44.7 Å². The molecule has 0 amide bonds. The summed E-state index contributed by atoms with van der Waals surface area (Å²) in [6, 6.07) is 3.09. The third-order valence-corrected chi connectivity index (χ3v) is 4.45. The first kappa shape index (κ1) is 15.5. The van der Waals surface area contributed by atoms with Crippen molar-refractivity contribution >= 4 is 35.0 Å². The fraction of sp³-hybridized carbons (Fsp3) is 0.333. The van der Waals surface area contributed by atoms with Crippen molar-refractivity contribution in [3.05, 3.63) is 17.5 Å². The minimum Gasteiger partial charge on any atom is -0.481 e. The molecule has 0 aromatic carbocycles. The van der Waals surface area contributed by atoms with Crippen molar-refractivity contribution in [3.8, 4) is 10.7 Å². The first-order chi connectivity index (χ1) is 10.0. The quantitative estimate of drug-likeness (QED) is 0.639. The number of methoxy groups -OCH3 is 1. The molecule has 0 saturated heterocycles. The molecule has 0 fully saturated rings. The molecule has 2 aromatic rings. The van der Waals surface area contributed by atoms with E-state index in [2.05, 4.69) is 10.2 Å². The van der Waals surface area contributed by atoms with E-state index < -0.39 is 18.0 Å². The number of carbonyl (C=O) groups is 2. The van der Waals surface area contributed by atoms with Crippen molar-refractivity contribution in [2.45, 2.75) is 18.1 Å².